The monoisotopic (exact) mass is 1100 g/mol. The molecule has 0 bridgehead atoms. The van der Waals surface area contributed by atoms with E-state index in [9.17, 15) is 9.59 Å². The molecule has 0 fully saturated rings. The van der Waals surface area contributed by atoms with Crippen LogP contribution in [-0.4, -0.2) is 34.6 Å². The third-order valence-electron chi connectivity index (χ3n) is 14.7. The van der Waals surface area contributed by atoms with E-state index < -0.39 is 10.8 Å². The molecule has 392 valence electrons. The number of ketones is 2. The predicted octanol–water partition coefficient (Wildman–Crippen LogP) is 16.2. The molecule has 9 heteroatoms. The molecular weight excluding hydrogens is 1030 g/mol. The Hall–Kier alpha value is -6.89. The van der Waals surface area contributed by atoms with E-state index in [4.69, 9.17) is 23.2 Å². The maximum Gasteiger partial charge on any atom is 2.00 e. The summed E-state index contributed by atoms with van der Waals surface area (Å²) in [6, 6.07) is 65.6. The largest absolute Gasteiger partial charge is 2.00 e. The summed E-state index contributed by atoms with van der Waals surface area (Å²) in [5.41, 5.74) is 11.4. The number of fused-ring (bicyclic) bond motifs is 2. The third-order valence-corrected chi connectivity index (χ3v) is 15.2. The molecule has 0 amide bonds. The zero-order valence-electron chi connectivity index (χ0n) is 44.3. The van der Waals surface area contributed by atoms with Crippen LogP contribution in [0.3, 0.4) is 0 Å². The van der Waals surface area contributed by atoms with E-state index in [1.54, 1.807) is 24.5 Å². The molecule has 10 rings (SSSR count). The molecule has 0 saturated heterocycles. The Labute approximate surface area is 475 Å². The zero-order valence-corrected chi connectivity index (χ0v) is 46.8. The summed E-state index contributed by atoms with van der Waals surface area (Å²) >= 11 is 13.3. The molecule has 2 aromatic heterocycles. The quantitative estimate of drug-likeness (QED) is 0.0485. The molecule has 2 aliphatic rings. The summed E-state index contributed by atoms with van der Waals surface area (Å²) in [6.07, 6.45) is 12.0. The fourth-order valence-corrected chi connectivity index (χ4v) is 11.4. The average molecular weight is 1100 g/mol. The van der Waals surface area contributed by atoms with Crippen molar-refractivity contribution in [1.29, 1.82) is 0 Å². The van der Waals surface area contributed by atoms with Crippen molar-refractivity contribution >= 4 is 46.1 Å². The Morgan fingerprint density at radius 2 is 0.766 bits per heavy atom. The van der Waals surface area contributed by atoms with Crippen LogP contribution < -0.4 is 9.80 Å². The van der Waals surface area contributed by atoms with E-state index in [1.807, 2.05) is 72.8 Å². The van der Waals surface area contributed by atoms with Gasteiger partial charge in [0.2, 0.25) is 11.6 Å². The number of rotatable bonds is 18. The number of anilines is 2. The SMILES string of the molecule is CC(C)CCN1/C(=C\C(=O)c2ccccn2)C(Cc2ccccc2)(Cc2ccccc2)c2cc(Cl)ccc21.CC(C)CCN1/C(=C\C(=O)c2ccccn2)C(Cc2ccccc2)(Cc2ccccc2)c2cc(Cl)ccc21.[Ni+2]. The first-order valence-corrected chi connectivity index (χ1v) is 27.3. The van der Waals surface area contributed by atoms with Crippen molar-refractivity contribution in [3.05, 3.63) is 285 Å². The summed E-state index contributed by atoms with van der Waals surface area (Å²) in [4.78, 5) is 40.9. The molecule has 2 aliphatic heterocycles. The van der Waals surface area contributed by atoms with Gasteiger partial charge in [0.25, 0.3) is 0 Å². The van der Waals surface area contributed by atoms with E-state index in [-0.39, 0.29) is 28.1 Å². The zero-order chi connectivity index (χ0) is 53.1. The van der Waals surface area contributed by atoms with Gasteiger partial charge in [-0.2, -0.15) is 0 Å². The normalized spacial score (nSPS) is 15.0. The smallest absolute Gasteiger partial charge is 0.344 e. The van der Waals surface area contributed by atoms with Gasteiger partial charge in [0.05, 0.1) is 0 Å². The Bertz CT molecular complexity index is 2980. The Balaban J connectivity index is 0.000000201. The Morgan fingerprint density at radius 3 is 1.05 bits per heavy atom. The molecule has 8 aromatic rings. The number of hydrogen-bond donors (Lipinski definition) is 0. The average Bonchev–Trinajstić information content (AvgIpc) is 3.95. The number of allylic oxidation sites excluding steroid dienone is 4. The third kappa shape index (κ3) is 13.3. The molecule has 6 nitrogen and oxygen atoms in total. The van der Waals surface area contributed by atoms with Gasteiger partial charge in [-0.05, 0) is 144 Å². The number of hydrogen-bond acceptors (Lipinski definition) is 6. The molecule has 77 heavy (non-hydrogen) atoms. The number of pyridine rings is 2. The molecule has 0 radical (unpaired) electrons. The second-order valence-corrected chi connectivity index (χ2v) is 21.9. The molecule has 0 unspecified atom stereocenters. The van der Waals surface area contributed by atoms with Crippen LogP contribution in [-0.2, 0) is 53.0 Å². The van der Waals surface area contributed by atoms with Crippen molar-refractivity contribution in [1.82, 2.24) is 9.97 Å². The molecule has 0 spiro atoms. The van der Waals surface area contributed by atoms with Crippen LogP contribution in [0.15, 0.2) is 230 Å². The summed E-state index contributed by atoms with van der Waals surface area (Å²) in [5, 5.41) is 1.41. The first-order chi connectivity index (χ1) is 36.9. The molecule has 0 saturated carbocycles. The van der Waals surface area contributed by atoms with Crippen LogP contribution in [0.4, 0.5) is 11.4 Å². The van der Waals surface area contributed by atoms with Gasteiger partial charge >= 0.3 is 16.5 Å². The summed E-state index contributed by atoms with van der Waals surface area (Å²) in [7, 11) is 0. The van der Waals surface area contributed by atoms with Crippen LogP contribution in [0.2, 0.25) is 10.0 Å². The standard InChI is InChI=1S/2C34H33ClN2O.Ni/c2*1-25(2)18-20-37-31-17-16-28(35)21-29(31)34(23-26-11-5-3-6-12-26,24-27-13-7-4-8-14-27)33(37)22-32(38)30-15-9-10-19-36-30;/h2*3-17,19,21-22,25H,18,20,23-24H2,1-2H3;/q;;+2/b2*33-22-;. The van der Waals surface area contributed by atoms with E-state index >= 15 is 0 Å². The fraction of sp³-hybridized carbons (Fsp3) is 0.235. The molecule has 0 N–H and O–H groups in total. The van der Waals surface area contributed by atoms with E-state index in [2.05, 4.69) is 169 Å². The van der Waals surface area contributed by atoms with Crippen LogP contribution in [0.1, 0.15) is 94.9 Å². The number of halogens is 2. The van der Waals surface area contributed by atoms with Gasteiger partial charge in [0.1, 0.15) is 11.4 Å². The maximum atomic E-state index is 13.7. The summed E-state index contributed by atoms with van der Waals surface area (Å²) < 4.78 is 0. The first kappa shape index (κ1) is 56.3. The maximum absolute atomic E-state index is 13.7. The van der Waals surface area contributed by atoms with Crippen molar-refractivity contribution in [2.75, 3.05) is 22.9 Å². The predicted molar refractivity (Wildman–Crippen MR) is 314 cm³/mol. The van der Waals surface area contributed by atoms with Gasteiger partial charge in [-0.15, -0.1) is 0 Å². The van der Waals surface area contributed by atoms with E-state index in [1.165, 1.54) is 33.4 Å². The van der Waals surface area contributed by atoms with Crippen LogP contribution in [0.5, 0.6) is 0 Å². The van der Waals surface area contributed by atoms with Gasteiger partial charge in [0, 0.05) is 81.3 Å². The van der Waals surface area contributed by atoms with Crippen LogP contribution in [0, 0.1) is 11.8 Å². The van der Waals surface area contributed by atoms with E-state index in [0.29, 0.717) is 33.3 Å². The van der Waals surface area contributed by atoms with Crippen molar-refractivity contribution in [3.8, 4) is 0 Å². The van der Waals surface area contributed by atoms with Crippen molar-refractivity contribution < 1.29 is 26.1 Å². The molecule has 4 heterocycles. The van der Waals surface area contributed by atoms with Crippen molar-refractivity contribution in [2.24, 2.45) is 11.8 Å². The minimum Gasteiger partial charge on any atom is -0.344 e. The van der Waals surface area contributed by atoms with Gasteiger partial charge in [-0.3, -0.25) is 19.6 Å². The second-order valence-electron chi connectivity index (χ2n) is 21.0. The first-order valence-electron chi connectivity index (χ1n) is 26.6. The molecule has 0 aliphatic carbocycles. The van der Waals surface area contributed by atoms with Gasteiger partial charge in [-0.25, -0.2) is 0 Å². The van der Waals surface area contributed by atoms with Gasteiger partial charge in [0.15, 0.2) is 0 Å². The van der Waals surface area contributed by atoms with Crippen LogP contribution >= 0.6 is 23.2 Å². The fourth-order valence-electron chi connectivity index (χ4n) is 11.1. The molecule has 0 atom stereocenters. The minimum absolute atomic E-state index is 0. The number of carbonyl (C=O) groups is 2. The Morgan fingerprint density at radius 1 is 0.455 bits per heavy atom. The second kappa shape index (κ2) is 26.0. The van der Waals surface area contributed by atoms with E-state index in [0.717, 1.165) is 74.4 Å². The number of carbonyl (C=O) groups excluding carboxylic acids is 2. The number of nitrogens with zero attached hydrogens (tertiary/aromatic N) is 4. The summed E-state index contributed by atoms with van der Waals surface area (Å²) in [5.74, 6) is 0.882. The van der Waals surface area contributed by atoms with Gasteiger partial charge in [-0.1, -0.05) is 184 Å². The number of benzene rings is 6. The van der Waals surface area contributed by atoms with Gasteiger partial charge < -0.3 is 9.80 Å². The summed E-state index contributed by atoms with van der Waals surface area (Å²) in [6.45, 7) is 10.6. The van der Waals surface area contributed by atoms with Crippen molar-refractivity contribution in [3.63, 3.8) is 0 Å². The topological polar surface area (TPSA) is 66.4 Å². The van der Waals surface area contributed by atoms with Crippen molar-refractivity contribution in [2.45, 2.75) is 77.0 Å². The minimum atomic E-state index is -0.482. The molecule has 6 aromatic carbocycles. The van der Waals surface area contributed by atoms with Crippen LogP contribution in [0.25, 0.3) is 0 Å². The Kier molecular flexibility index (Phi) is 19.0. The number of aromatic nitrogens is 2. The molecular formula is C68H66Cl2N4NiO2+2.